The van der Waals surface area contributed by atoms with Crippen molar-refractivity contribution < 1.29 is 4.79 Å². The second-order valence-electron chi connectivity index (χ2n) is 6.01. The van der Waals surface area contributed by atoms with Crippen molar-refractivity contribution in [3.63, 3.8) is 0 Å². The van der Waals surface area contributed by atoms with Gasteiger partial charge in [-0.1, -0.05) is 34.6 Å². The van der Waals surface area contributed by atoms with E-state index in [1.807, 2.05) is 0 Å². The Labute approximate surface area is 108 Å². The molecule has 0 spiro atoms. The smallest absolute Gasteiger partial charge is 0.133 e. The van der Waals surface area contributed by atoms with Gasteiger partial charge in [-0.05, 0) is 5.92 Å². The standard InChI is InChI=1S/C14H23NOS/c1-10(2)8-11(16)6-7-13-15-12(9-17-13)14(3,4)5/h9-10H,6-8H2,1-5H3. The van der Waals surface area contributed by atoms with Crippen LogP contribution >= 0.6 is 11.3 Å². The van der Waals surface area contributed by atoms with Gasteiger partial charge in [0.2, 0.25) is 0 Å². The molecule has 1 aromatic heterocycles. The number of aryl methyl sites for hydroxylation is 1. The summed E-state index contributed by atoms with van der Waals surface area (Å²) in [6, 6.07) is 0. The van der Waals surface area contributed by atoms with Gasteiger partial charge in [0.05, 0.1) is 10.7 Å². The molecule has 96 valence electrons. The lowest BCUT2D eigenvalue weighted by Gasteiger charge is -2.14. The third-order valence-electron chi connectivity index (χ3n) is 2.57. The molecule has 0 amide bonds. The largest absolute Gasteiger partial charge is 0.300 e. The lowest BCUT2D eigenvalue weighted by atomic mass is 9.93. The first-order valence-electron chi connectivity index (χ1n) is 6.25. The van der Waals surface area contributed by atoms with Crippen LogP contribution in [0.1, 0.15) is 58.2 Å². The van der Waals surface area contributed by atoms with Crippen LogP contribution < -0.4 is 0 Å². The van der Waals surface area contributed by atoms with Crippen LogP contribution in [0.2, 0.25) is 0 Å². The summed E-state index contributed by atoms with van der Waals surface area (Å²) in [5.74, 6) is 0.816. The van der Waals surface area contributed by atoms with E-state index in [4.69, 9.17) is 0 Å². The van der Waals surface area contributed by atoms with Gasteiger partial charge in [0.15, 0.2) is 0 Å². The predicted octanol–water partition coefficient (Wildman–Crippen LogP) is 3.99. The summed E-state index contributed by atoms with van der Waals surface area (Å²) in [4.78, 5) is 16.2. The Morgan fingerprint density at radius 1 is 1.41 bits per heavy atom. The summed E-state index contributed by atoms with van der Waals surface area (Å²) < 4.78 is 0. The predicted molar refractivity (Wildman–Crippen MR) is 73.6 cm³/mol. The monoisotopic (exact) mass is 253 g/mol. The molecule has 1 heterocycles. The molecule has 0 aliphatic carbocycles. The maximum Gasteiger partial charge on any atom is 0.133 e. The van der Waals surface area contributed by atoms with Crippen molar-refractivity contribution in [1.29, 1.82) is 0 Å². The highest BCUT2D eigenvalue weighted by atomic mass is 32.1. The van der Waals surface area contributed by atoms with Gasteiger partial charge in [-0.3, -0.25) is 4.79 Å². The Balaban J connectivity index is 2.48. The number of nitrogens with zero attached hydrogens (tertiary/aromatic N) is 1. The molecular weight excluding hydrogens is 230 g/mol. The SMILES string of the molecule is CC(C)CC(=O)CCc1nc(C(C)(C)C)cs1. The zero-order valence-corrected chi connectivity index (χ0v) is 12.4. The van der Waals surface area contributed by atoms with Crippen molar-refractivity contribution in [2.75, 3.05) is 0 Å². The minimum absolute atomic E-state index is 0.108. The van der Waals surface area contributed by atoms with Crippen LogP contribution in [0.4, 0.5) is 0 Å². The van der Waals surface area contributed by atoms with Gasteiger partial charge in [-0.2, -0.15) is 0 Å². The average molecular weight is 253 g/mol. The molecule has 0 aromatic carbocycles. The summed E-state index contributed by atoms with van der Waals surface area (Å²) >= 11 is 1.67. The van der Waals surface area contributed by atoms with Crippen molar-refractivity contribution in [3.05, 3.63) is 16.1 Å². The van der Waals surface area contributed by atoms with Crippen molar-refractivity contribution >= 4 is 17.1 Å². The molecule has 0 N–H and O–H groups in total. The van der Waals surface area contributed by atoms with Crippen molar-refractivity contribution in [3.8, 4) is 0 Å². The first kappa shape index (κ1) is 14.4. The Kier molecular flexibility index (Phi) is 4.87. The third-order valence-corrected chi connectivity index (χ3v) is 3.48. The highest BCUT2D eigenvalue weighted by Gasteiger charge is 2.17. The number of ketones is 1. The average Bonchev–Trinajstić information content (AvgIpc) is 2.61. The first-order chi connectivity index (χ1) is 7.79. The molecule has 17 heavy (non-hydrogen) atoms. The van der Waals surface area contributed by atoms with E-state index in [-0.39, 0.29) is 5.41 Å². The fourth-order valence-electron chi connectivity index (χ4n) is 1.57. The van der Waals surface area contributed by atoms with Gasteiger partial charge >= 0.3 is 0 Å². The topological polar surface area (TPSA) is 30.0 Å². The third kappa shape index (κ3) is 4.99. The Hall–Kier alpha value is -0.700. The zero-order valence-electron chi connectivity index (χ0n) is 11.5. The van der Waals surface area contributed by atoms with Crippen molar-refractivity contribution in [1.82, 2.24) is 4.98 Å². The quantitative estimate of drug-likeness (QED) is 0.794. The van der Waals surface area contributed by atoms with Gasteiger partial charge in [0.25, 0.3) is 0 Å². The minimum atomic E-state index is 0.108. The summed E-state index contributed by atoms with van der Waals surface area (Å²) in [6.45, 7) is 10.7. The van der Waals surface area contributed by atoms with E-state index in [9.17, 15) is 4.79 Å². The van der Waals surface area contributed by atoms with E-state index in [1.54, 1.807) is 11.3 Å². The molecule has 0 saturated carbocycles. The summed E-state index contributed by atoms with van der Waals surface area (Å²) in [5.41, 5.74) is 1.24. The summed E-state index contributed by atoms with van der Waals surface area (Å²) in [6.07, 6.45) is 2.12. The molecule has 0 atom stereocenters. The van der Waals surface area contributed by atoms with Crippen LogP contribution in [0, 0.1) is 5.92 Å². The van der Waals surface area contributed by atoms with Gasteiger partial charge in [-0.15, -0.1) is 11.3 Å². The molecule has 0 aliphatic heterocycles. The number of aromatic nitrogens is 1. The van der Waals surface area contributed by atoms with Crippen LogP contribution in [0.15, 0.2) is 5.38 Å². The number of Topliss-reactive ketones (excluding diaryl/α,β-unsaturated/α-hetero) is 1. The van der Waals surface area contributed by atoms with Gasteiger partial charge in [0.1, 0.15) is 5.78 Å². The number of carbonyl (C=O) groups is 1. The molecule has 3 heteroatoms. The molecule has 0 radical (unpaired) electrons. The molecule has 0 saturated heterocycles. The highest BCUT2D eigenvalue weighted by molar-refractivity contribution is 7.09. The van der Waals surface area contributed by atoms with E-state index in [0.717, 1.165) is 17.1 Å². The maximum absolute atomic E-state index is 11.6. The molecular formula is C14H23NOS. The van der Waals surface area contributed by atoms with Crippen LogP contribution in [0.5, 0.6) is 0 Å². The Morgan fingerprint density at radius 3 is 2.53 bits per heavy atom. The number of carbonyl (C=O) groups excluding carboxylic acids is 1. The number of hydrogen-bond donors (Lipinski definition) is 0. The maximum atomic E-state index is 11.6. The van der Waals surface area contributed by atoms with Gasteiger partial charge < -0.3 is 0 Å². The second kappa shape index (κ2) is 5.76. The van der Waals surface area contributed by atoms with Crippen LogP contribution in [-0.2, 0) is 16.6 Å². The first-order valence-corrected chi connectivity index (χ1v) is 7.13. The molecule has 0 unspecified atom stereocenters. The summed E-state index contributed by atoms with van der Waals surface area (Å²) in [5, 5.41) is 3.20. The van der Waals surface area contributed by atoms with Gasteiger partial charge in [-0.25, -0.2) is 4.98 Å². The van der Waals surface area contributed by atoms with Crippen molar-refractivity contribution in [2.45, 2.75) is 59.3 Å². The molecule has 1 aromatic rings. The van der Waals surface area contributed by atoms with Crippen LogP contribution in [-0.4, -0.2) is 10.8 Å². The molecule has 2 nitrogen and oxygen atoms in total. The van der Waals surface area contributed by atoms with E-state index >= 15 is 0 Å². The van der Waals surface area contributed by atoms with Gasteiger partial charge in [0, 0.05) is 30.1 Å². The fraction of sp³-hybridized carbons (Fsp3) is 0.714. The second-order valence-corrected chi connectivity index (χ2v) is 6.96. The molecule has 0 fully saturated rings. The zero-order chi connectivity index (χ0) is 13.1. The number of thiazole rings is 1. The van der Waals surface area contributed by atoms with E-state index in [2.05, 4.69) is 45.0 Å². The minimum Gasteiger partial charge on any atom is -0.300 e. The van der Waals surface area contributed by atoms with E-state index in [0.29, 0.717) is 24.5 Å². The lowest BCUT2D eigenvalue weighted by Crippen LogP contribution is -2.11. The van der Waals surface area contributed by atoms with E-state index < -0.39 is 0 Å². The normalized spacial score (nSPS) is 12.1. The summed E-state index contributed by atoms with van der Waals surface area (Å²) in [7, 11) is 0. The Morgan fingerprint density at radius 2 is 2.06 bits per heavy atom. The van der Waals surface area contributed by atoms with Crippen LogP contribution in [0.3, 0.4) is 0 Å². The number of rotatable bonds is 5. The van der Waals surface area contributed by atoms with Crippen LogP contribution in [0.25, 0.3) is 0 Å². The Bertz CT molecular complexity index is 374. The molecule has 1 rings (SSSR count). The molecule has 0 bridgehead atoms. The van der Waals surface area contributed by atoms with E-state index in [1.165, 1.54) is 0 Å². The highest BCUT2D eigenvalue weighted by Crippen LogP contribution is 2.24. The fourth-order valence-corrected chi connectivity index (χ4v) is 2.60. The number of hydrogen-bond acceptors (Lipinski definition) is 3. The lowest BCUT2D eigenvalue weighted by molar-refractivity contribution is -0.119. The van der Waals surface area contributed by atoms with Crippen molar-refractivity contribution in [2.24, 2.45) is 5.92 Å². The molecule has 0 aliphatic rings.